The molecule has 0 saturated carbocycles. The standard InChI is InChI=1S/C12H9O2P.C6H6O2/c13-15-12-8-4-2-6-10(12)9-5-1-3-7-11(9)14-15;7-5-1-2-6(8)4-3-5/h1-8,15H;1-4,7-8H. The fourth-order valence-corrected chi connectivity index (χ4v) is 3.44. The number of phenols is 2. The lowest BCUT2D eigenvalue weighted by Gasteiger charge is -2.19. The lowest BCUT2D eigenvalue weighted by molar-refractivity contribution is 0.460. The molecule has 5 heteroatoms. The number of hydrogen-bond acceptors (Lipinski definition) is 4. The van der Waals surface area contributed by atoms with Crippen molar-refractivity contribution >= 4 is 13.3 Å². The van der Waals surface area contributed by atoms with Gasteiger partial charge in [-0.2, -0.15) is 0 Å². The van der Waals surface area contributed by atoms with Gasteiger partial charge in [0.15, 0.2) is 0 Å². The highest BCUT2D eigenvalue weighted by atomic mass is 31.1. The van der Waals surface area contributed by atoms with Gasteiger partial charge in [0.1, 0.15) is 17.2 Å². The summed E-state index contributed by atoms with van der Waals surface area (Å²) in [7, 11) is -2.11. The molecule has 4 nitrogen and oxygen atoms in total. The molecule has 0 saturated heterocycles. The number of fused-ring (bicyclic) bond motifs is 3. The fraction of sp³-hybridized carbons (Fsp3) is 0. The number of benzene rings is 3. The zero-order chi connectivity index (χ0) is 16.2. The van der Waals surface area contributed by atoms with Crippen molar-refractivity contribution in [2.45, 2.75) is 0 Å². The van der Waals surface area contributed by atoms with E-state index in [1.807, 2.05) is 48.5 Å². The van der Waals surface area contributed by atoms with Gasteiger partial charge >= 0.3 is 0 Å². The van der Waals surface area contributed by atoms with Gasteiger partial charge in [0, 0.05) is 5.56 Å². The van der Waals surface area contributed by atoms with Gasteiger partial charge in [-0.1, -0.05) is 36.4 Å². The van der Waals surface area contributed by atoms with E-state index in [0.717, 1.165) is 22.2 Å². The molecule has 1 heterocycles. The molecule has 1 aliphatic heterocycles. The minimum absolute atomic E-state index is 0.169. The third kappa shape index (κ3) is 3.38. The van der Waals surface area contributed by atoms with Crippen molar-refractivity contribution in [1.29, 1.82) is 0 Å². The second kappa shape index (κ2) is 6.59. The minimum atomic E-state index is -2.11. The summed E-state index contributed by atoms with van der Waals surface area (Å²) in [4.78, 5) is 0. The molecule has 1 atom stereocenters. The molecule has 0 radical (unpaired) electrons. The smallest absolute Gasteiger partial charge is 0.266 e. The van der Waals surface area contributed by atoms with Crippen LogP contribution < -0.4 is 9.83 Å². The maximum absolute atomic E-state index is 11.8. The molecule has 0 aliphatic carbocycles. The van der Waals surface area contributed by atoms with Gasteiger partial charge in [0.25, 0.3) is 8.03 Å². The summed E-state index contributed by atoms with van der Waals surface area (Å²) in [6, 6.07) is 21.1. The Balaban J connectivity index is 0.000000166. The molecule has 4 rings (SSSR count). The first-order valence-electron chi connectivity index (χ1n) is 7.04. The van der Waals surface area contributed by atoms with Gasteiger partial charge in [0.05, 0.1) is 5.30 Å². The second-order valence-electron chi connectivity index (χ2n) is 4.95. The Morgan fingerprint density at radius 1 is 0.696 bits per heavy atom. The zero-order valence-electron chi connectivity index (χ0n) is 12.1. The first-order valence-corrected chi connectivity index (χ1v) is 8.35. The van der Waals surface area contributed by atoms with Crippen LogP contribution in [0.5, 0.6) is 17.2 Å². The molecule has 0 amide bonds. The van der Waals surface area contributed by atoms with Gasteiger partial charge in [-0.3, -0.25) is 4.57 Å². The predicted molar refractivity (Wildman–Crippen MR) is 90.9 cm³/mol. The summed E-state index contributed by atoms with van der Waals surface area (Å²) in [5.41, 5.74) is 2.06. The highest BCUT2D eigenvalue weighted by Crippen LogP contribution is 2.41. The van der Waals surface area contributed by atoms with Crippen LogP contribution in [0.15, 0.2) is 72.8 Å². The molecule has 1 aliphatic rings. The van der Waals surface area contributed by atoms with Crippen LogP contribution in [0.1, 0.15) is 0 Å². The summed E-state index contributed by atoms with van der Waals surface area (Å²) in [6.07, 6.45) is 0. The van der Waals surface area contributed by atoms with E-state index < -0.39 is 8.03 Å². The van der Waals surface area contributed by atoms with E-state index in [-0.39, 0.29) is 11.5 Å². The first-order chi connectivity index (χ1) is 11.1. The highest BCUT2D eigenvalue weighted by molar-refractivity contribution is 7.49. The summed E-state index contributed by atoms with van der Waals surface area (Å²) in [5.74, 6) is 1.06. The molecule has 1 unspecified atom stereocenters. The zero-order valence-corrected chi connectivity index (χ0v) is 13.1. The van der Waals surface area contributed by atoms with Crippen LogP contribution >= 0.6 is 8.03 Å². The van der Waals surface area contributed by atoms with E-state index in [0.29, 0.717) is 0 Å². The predicted octanol–water partition coefficient (Wildman–Crippen LogP) is 3.94. The largest absolute Gasteiger partial charge is 0.508 e. The maximum atomic E-state index is 11.8. The van der Waals surface area contributed by atoms with E-state index in [4.69, 9.17) is 14.7 Å². The Hall–Kier alpha value is -2.71. The lowest BCUT2D eigenvalue weighted by atomic mass is 10.0. The van der Waals surface area contributed by atoms with Gasteiger partial charge in [-0.15, -0.1) is 0 Å². The van der Waals surface area contributed by atoms with Crippen molar-refractivity contribution in [2.24, 2.45) is 0 Å². The number of phenolic OH excluding ortho intramolecular Hbond substituents is 2. The highest BCUT2D eigenvalue weighted by Gasteiger charge is 2.20. The number of para-hydroxylation sites is 1. The average Bonchev–Trinajstić information content (AvgIpc) is 2.59. The third-order valence-corrected chi connectivity index (χ3v) is 4.66. The van der Waals surface area contributed by atoms with E-state index >= 15 is 0 Å². The van der Waals surface area contributed by atoms with E-state index in [1.165, 1.54) is 24.3 Å². The Bertz CT molecular complexity index is 823. The van der Waals surface area contributed by atoms with Crippen molar-refractivity contribution in [3.8, 4) is 28.4 Å². The van der Waals surface area contributed by atoms with Gasteiger partial charge in [-0.05, 0) is 42.0 Å². The van der Waals surface area contributed by atoms with Crippen LogP contribution in [0.2, 0.25) is 0 Å². The quantitative estimate of drug-likeness (QED) is 0.485. The van der Waals surface area contributed by atoms with E-state index in [9.17, 15) is 4.57 Å². The summed E-state index contributed by atoms with van der Waals surface area (Å²) >= 11 is 0. The van der Waals surface area contributed by atoms with Crippen molar-refractivity contribution in [3.05, 3.63) is 72.8 Å². The van der Waals surface area contributed by atoms with Crippen molar-refractivity contribution < 1.29 is 19.3 Å². The molecule has 3 aromatic carbocycles. The molecular weight excluding hydrogens is 311 g/mol. The van der Waals surface area contributed by atoms with Crippen LogP contribution in [-0.4, -0.2) is 10.2 Å². The first kappa shape index (κ1) is 15.2. The van der Waals surface area contributed by atoms with Crippen LogP contribution in [0.3, 0.4) is 0 Å². The van der Waals surface area contributed by atoms with Crippen molar-refractivity contribution in [2.75, 3.05) is 0 Å². The Kier molecular flexibility index (Phi) is 4.35. The third-order valence-electron chi connectivity index (χ3n) is 3.38. The van der Waals surface area contributed by atoms with Crippen LogP contribution in [0, 0.1) is 0 Å². The summed E-state index contributed by atoms with van der Waals surface area (Å²) in [5, 5.41) is 18.1. The minimum Gasteiger partial charge on any atom is -0.508 e. The molecule has 2 N–H and O–H groups in total. The van der Waals surface area contributed by atoms with Gasteiger partial charge in [-0.25, -0.2) is 0 Å². The SMILES string of the molecule is O=[PH]1Oc2ccccc2-c2ccccc21.Oc1ccc(O)cc1. The van der Waals surface area contributed by atoms with Crippen LogP contribution in [-0.2, 0) is 4.57 Å². The lowest BCUT2D eigenvalue weighted by Crippen LogP contribution is -2.09. The number of rotatable bonds is 0. The molecule has 23 heavy (non-hydrogen) atoms. The molecule has 0 spiro atoms. The molecule has 0 aromatic heterocycles. The molecule has 3 aromatic rings. The van der Waals surface area contributed by atoms with Gasteiger partial charge in [0.2, 0.25) is 0 Å². The van der Waals surface area contributed by atoms with Crippen LogP contribution in [0.4, 0.5) is 0 Å². The van der Waals surface area contributed by atoms with E-state index in [2.05, 4.69) is 0 Å². The Morgan fingerprint density at radius 3 is 1.87 bits per heavy atom. The molecular formula is C18H15O4P. The molecule has 0 fully saturated rings. The topological polar surface area (TPSA) is 66.8 Å². The molecule has 116 valence electrons. The fourth-order valence-electron chi connectivity index (χ4n) is 2.28. The van der Waals surface area contributed by atoms with Crippen molar-refractivity contribution in [1.82, 2.24) is 0 Å². The number of hydrogen-bond donors (Lipinski definition) is 2. The maximum Gasteiger partial charge on any atom is 0.266 e. The van der Waals surface area contributed by atoms with Gasteiger partial charge < -0.3 is 14.7 Å². The van der Waals surface area contributed by atoms with E-state index in [1.54, 1.807) is 0 Å². The Labute approximate surface area is 134 Å². The summed E-state index contributed by atoms with van der Waals surface area (Å²) in [6.45, 7) is 0. The second-order valence-corrected chi connectivity index (χ2v) is 6.27. The normalized spacial score (nSPS) is 14.5. The number of aromatic hydroxyl groups is 2. The Morgan fingerprint density at radius 2 is 1.22 bits per heavy atom. The average molecular weight is 326 g/mol. The summed E-state index contributed by atoms with van der Waals surface area (Å²) < 4.78 is 17.2. The van der Waals surface area contributed by atoms with Crippen LogP contribution in [0.25, 0.3) is 11.1 Å². The molecule has 0 bridgehead atoms. The van der Waals surface area contributed by atoms with Crippen molar-refractivity contribution in [3.63, 3.8) is 0 Å². The monoisotopic (exact) mass is 326 g/mol.